The molecule has 1 heterocycles. The molecular formula is C25H23F3N2S. The van der Waals surface area contributed by atoms with E-state index in [1.807, 2.05) is 18.2 Å². The van der Waals surface area contributed by atoms with E-state index in [0.29, 0.717) is 11.7 Å². The van der Waals surface area contributed by atoms with Crippen LogP contribution in [0.15, 0.2) is 95.5 Å². The molecule has 2 aromatic rings. The van der Waals surface area contributed by atoms with Gasteiger partial charge in [-0.15, -0.1) is 0 Å². The van der Waals surface area contributed by atoms with Crippen LogP contribution in [0.5, 0.6) is 0 Å². The first-order valence-corrected chi connectivity index (χ1v) is 11.2. The topological polar surface area (TPSA) is 24.4 Å². The van der Waals surface area contributed by atoms with Gasteiger partial charge in [-0.05, 0) is 29.2 Å². The Morgan fingerprint density at radius 1 is 1.00 bits per heavy atom. The van der Waals surface area contributed by atoms with Gasteiger partial charge in [-0.1, -0.05) is 90.7 Å². The maximum atomic E-state index is 13.3. The van der Waals surface area contributed by atoms with Crippen LogP contribution < -0.4 is 5.32 Å². The fourth-order valence-electron chi connectivity index (χ4n) is 3.84. The van der Waals surface area contributed by atoms with Crippen LogP contribution in [-0.2, 0) is 11.9 Å². The average molecular weight is 441 g/mol. The average Bonchev–Trinajstić information content (AvgIpc) is 3.07. The Morgan fingerprint density at radius 2 is 1.77 bits per heavy atom. The molecule has 0 bridgehead atoms. The fraction of sp³-hybridized carbons (Fsp3) is 0.240. The maximum Gasteiger partial charge on any atom is 0.416 e. The van der Waals surface area contributed by atoms with E-state index >= 15 is 0 Å². The molecule has 1 aliphatic heterocycles. The normalized spacial score (nSPS) is 21.1. The Morgan fingerprint density at radius 3 is 2.58 bits per heavy atom. The summed E-state index contributed by atoms with van der Waals surface area (Å²) in [5.41, 5.74) is 2.02. The SMILES string of the molecule is FC(F)(F)c1ccccc1CSC1=NC[C@@H](C2=CC=CCC=C2)[C@@H](c2ccccc2)N1. The maximum absolute atomic E-state index is 13.3. The number of hydrogen-bond donors (Lipinski definition) is 1. The summed E-state index contributed by atoms with van der Waals surface area (Å²) in [6, 6.07) is 15.9. The van der Waals surface area contributed by atoms with Crippen LogP contribution in [0.2, 0.25) is 0 Å². The largest absolute Gasteiger partial charge is 0.416 e. The van der Waals surface area contributed by atoms with Crippen molar-refractivity contribution in [2.45, 2.75) is 24.4 Å². The third-order valence-electron chi connectivity index (χ3n) is 5.39. The second-order valence-electron chi connectivity index (χ2n) is 7.46. The molecule has 0 fully saturated rings. The molecule has 2 atom stereocenters. The Bertz CT molecular complexity index is 1020. The number of aliphatic imine (C=N–C) groups is 1. The van der Waals surface area contributed by atoms with E-state index in [1.54, 1.807) is 6.07 Å². The van der Waals surface area contributed by atoms with Crippen LogP contribution in [0.3, 0.4) is 0 Å². The van der Waals surface area contributed by atoms with E-state index in [2.05, 4.69) is 52.8 Å². The number of amidine groups is 1. The summed E-state index contributed by atoms with van der Waals surface area (Å²) in [6.45, 7) is 0.583. The second kappa shape index (κ2) is 9.60. The molecule has 0 radical (unpaired) electrons. The summed E-state index contributed by atoms with van der Waals surface area (Å²) in [7, 11) is 0. The molecule has 2 aromatic carbocycles. The van der Waals surface area contributed by atoms with Crippen molar-refractivity contribution in [2.24, 2.45) is 10.9 Å². The molecule has 0 saturated carbocycles. The molecule has 2 aliphatic rings. The first kappa shape index (κ1) is 21.5. The molecule has 6 heteroatoms. The number of thioether (sulfide) groups is 1. The van der Waals surface area contributed by atoms with Crippen molar-refractivity contribution in [2.75, 3.05) is 6.54 Å². The first-order chi connectivity index (χ1) is 15.0. The van der Waals surface area contributed by atoms with Gasteiger partial charge in [0.1, 0.15) is 0 Å². The molecule has 31 heavy (non-hydrogen) atoms. The van der Waals surface area contributed by atoms with Gasteiger partial charge in [-0.25, -0.2) is 0 Å². The summed E-state index contributed by atoms with van der Waals surface area (Å²) in [6.07, 6.45) is 7.13. The molecule has 0 amide bonds. The molecular weight excluding hydrogens is 417 g/mol. The smallest absolute Gasteiger partial charge is 0.357 e. The Hall–Kier alpha value is -2.73. The van der Waals surface area contributed by atoms with Gasteiger partial charge < -0.3 is 5.32 Å². The zero-order chi connectivity index (χ0) is 21.7. The molecule has 1 N–H and O–H groups in total. The molecule has 0 aromatic heterocycles. The molecule has 0 spiro atoms. The highest BCUT2D eigenvalue weighted by atomic mass is 32.2. The summed E-state index contributed by atoms with van der Waals surface area (Å²) in [5.74, 6) is 0.354. The highest BCUT2D eigenvalue weighted by molar-refractivity contribution is 8.13. The van der Waals surface area contributed by atoms with E-state index < -0.39 is 11.7 Å². The number of rotatable bonds is 4. The van der Waals surface area contributed by atoms with Gasteiger partial charge in [0.2, 0.25) is 0 Å². The summed E-state index contributed by atoms with van der Waals surface area (Å²) in [5, 5.41) is 4.18. The second-order valence-corrected chi connectivity index (χ2v) is 8.43. The third-order valence-corrected chi connectivity index (χ3v) is 6.37. The zero-order valence-electron chi connectivity index (χ0n) is 16.8. The lowest BCUT2D eigenvalue weighted by molar-refractivity contribution is -0.138. The van der Waals surface area contributed by atoms with E-state index in [-0.39, 0.29) is 23.3 Å². The number of benzene rings is 2. The quantitative estimate of drug-likeness (QED) is 0.572. The summed E-state index contributed by atoms with van der Waals surface area (Å²) >= 11 is 1.32. The van der Waals surface area contributed by atoms with Crippen molar-refractivity contribution in [3.8, 4) is 0 Å². The van der Waals surface area contributed by atoms with Crippen molar-refractivity contribution < 1.29 is 13.2 Å². The zero-order valence-corrected chi connectivity index (χ0v) is 17.7. The van der Waals surface area contributed by atoms with Crippen LogP contribution in [-0.4, -0.2) is 11.7 Å². The van der Waals surface area contributed by atoms with Gasteiger partial charge in [0, 0.05) is 11.7 Å². The van der Waals surface area contributed by atoms with E-state index in [0.717, 1.165) is 18.1 Å². The lowest BCUT2D eigenvalue weighted by Gasteiger charge is -2.33. The Labute approximate surface area is 184 Å². The molecule has 2 nitrogen and oxygen atoms in total. The Kier molecular flexibility index (Phi) is 6.66. The molecule has 160 valence electrons. The van der Waals surface area contributed by atoms with Crippen molar-refractivity contribution in [1.29, 1.82) is 0 Å². The minimum Gasteiger partial charge on any atom is -0.357 e. The minimum absolute atomic E-state index is 0.00135. The van der Waals surface area contributed by atoms with Gasteiger partial charge in [0.25, 0.3) is 0 Å². The van der Waals surface area contributed by atoms with Crippen molar-refractivity contribution in [3.63, 3.8) is 0 Å². The molecule has 0 saturated heterocycles. The van der Waals surface area contributed by atoms with Crippen molar-refractivity contribution in [3.05, 3.63) is 107 Å². The van der Waals surface area contributed by atoms with Gasteiger partial charge in [0.05, 0.1) is 18.2 Å². The monoisotopic (exact) mass is 440 g/mol. The van der Waals surface area contributed by atoms with Crippen LogP contribution >= 0.6 is 11.8 Å². The van der Waals surface area contributed by atoms with E-state index in [9.17, 15) is 13.2 Å². The third kappa shape index (κ3) is 5.31. The highest BCUT2D eigenvalue weighted by Gasteiger charge is 2.33. The number of allylic oxidation sites excluding steroid dienone is 5. The lowest BCUT2D eigenvalue weighted by Crippen LogP contribution is -2.38. The summed E-state index contributed by atoms with van der Waals surface area (Å²) in [4.78, 5) is 4.69. The number of hydrogen-bond acceptors (Lipinski definition) is 3. The molecule has 0 unspecified atom stereocenters. The van der Waals surface area contributed by atoms with Gasteiger partial charge in [-0.2, -0.15) is 13.2 Å². The van der Waals surface area contributed by atoms with Crippen LogP contribution in [0, 0.1) is 5.92 Å². The van der Waals surface area contributed by atoms with Crippen molar-refractivity contribution in [1.82, 2.24) is 5.32 Å². The van der Waals surface area contributed by atoms with Crippen LogP contribution in [0.25, 0.3) is 0 Å². The fourth-order valence-corrected chi connectivity index (χ4v) is 4.76. The number of alkyl halides is 3. The minimum atomic E-state index is -4.36. The van der Waals surface area contributed by atoms with Crippen LogP contribution in [0.1, 0.15) is 29.2 Å². The van der Waals surface area contributed by atoms with Gasteiger partial charge in [0.15, 0.2) is 5.17 Å². The van der Waals surface area contributed by atoms with Crippen LogP contribution in [0.4, 0.5) is 13.2 Å². The van der Waals surface area contributed by atoms with Crippen molar-refractivity contribution >= 4 is 16.9 Å². The Balaban J connectivity index is 1.56. The lowest BCUT2D eigenvalue weighted by atomic mass is 9.85. The number of nitrogens with zero attached hydrogens (tertiary/aromatic N) is 1. The standard InChI is InChI=1S/C25H23F3N2S/c26-25(27,28)22-15-9-8-14-20(22)17-31-24-29-16-21(18-10-4-1-2-5-11-18)23(30-24)19-12-6-3-7-13-19/h1,3-15,21,23H,2,16-17H2,(H,29,30)/t21-,23+/m0/s1. The van der Waals surface area contributed by atoms with Gasteiger partial charge in [-0.3, -0.25) is 4.99 Å². The summed E-state index contributed by atoms with van der Waals surface area (Å²) < 4.78 is 39.9. The molecule has 4 rings (SSSR count). The number of halogens is 3. The predicted molar refractivity (Wildman–Crippen MR) is 122 cm³/mol. The van der Waals surface area contributed by atoms with Gasteiger partial charge >= 0.3 is 6.18 Å². The molecule has 1 aliphatic carbocycles. The highest BCUT2D eigenvalue weighted by Crippen LogP contribution is 2.36. The van der Waals surface area contributed by atoms with E-state index in [4.69, 9.17) is 0 Å². The van der Waals surface area contributed by atoms with E-state index in [1.165, 1.54) is 29.5 Å². The predicted octanol–water partition coefficient (Wildman–Crippen LogP) is 6.70. The number of nitrogens with one attached hydrogen (secondary N) is 1. The first-order valence-electron chi connectivity index (χ1n) is 10.2.